The van der Waals surface area contributed by atoms with Crippen molar-refractivity contribution < 1.29 is 9.47 Å². The average molecular weight is 263 g/mol. The second-order valence-electron chi connectivity index (χ2n) is 4.20. The third-order valence-corrected chi connectivity index (χ3v) is 3.60. The maximum atomic E-state index is 5.37. The summed E-state index contributed by atoms with van der Waals surface area (Å²) in [5.41, 5.74) is 4.40. The van der Waals surface area contributed by atoms with Crippen LogP contribution in [0.3, 0.4) is 0 Å². The van der Waals surface area contributed by atoms with Crippen LogP contribution in [0.25, 0.3) is 11.3 Å². The fraction of sp³-hybridized carbons (Fsp3) is 0.357. The highest BCUT2D eigenvalue weighted by Crippen LogP contribution is 2.30. The molecule has 96 valence electrons. The lowest BCUT2D eigenvalue weighted by Gasteiger charge is -2.10. The predicted molar refractivity (Wildman–Crippen MR) is 74.3 cm³/mol. The van der Waals surface area contributed by atoms with E-state index in [9.17, 15) is 0 Å². The van der Waals surface area contributed by atoms with Crippen molar-refractivity contribution in [3.8, 4) is 17.0 Å². The van der Waals surface area contributed by atoms with E-state index in [1.165, 1.54) is 0 Å². The molecule has 18 heavy (non-hydrogen) atoms. The topological polar surface area (TPSA) is 31.4 Å². The fourth-order valence-electron chi connectivity index (χ4n) is 2.05. The van der Waals surface area contributed by atoms with E-state index < -0.39 is 0 Å². The summed E-state index contributed by atoms with van der Waals surface area (Å²) in [5, 5.41) is 3.06. The van der Waals surface area contributed by atoms with Gasteiger partial charge in [-0.05, 0) is 37.1 Å². The minimum absolute atomic E-state index is 0.568. The van der Waals surface area contributed by atoms with E-state index in [0.29, 0.717) is 6.61 Å². The molecule has 4 heteroatoms. The van der Waals surface area contributed by atoms with Gasteiger partial charge in [0.1, 0.15) is 10.8 Å². The zero-order valence-electron chi connectivity index (χ0n) is 11.1. The van der Waals surface area contributed by atoms with Crippen molar-refractivity contribution in [2.24, 2.45) is 0 Å². The van der Waals surface area contributed by atoms with Crippen molar-refractivity contribution in [1.82, 2.24) is 4.98 Å². The van der Waals surface area contributed by atoms with E-state index in [-0.39, 0.29) is 0 Å². The molecule has 0 unspecified atom stereocenters. The number of ether oxygens (including phenoxy) is 2. The van der Waals surface area contributed by atoms with Crippen LogP contribution < -0.4 is 4.74 Å². The van der Waals surface area contributed by atoms with Crippen LogP contribution in [0, 0.1) is 13.8 Å². The Kier molecular flexibility index (Phi) is 3.99. The first kappa shape index (κ1) is 13.1. The second-order valence-corrected chi connectivity index (χ2v) is 5.15. The van der Waals surface area contributed by atoms with Crippen molar-refractivity contribution in [2.75, 3.05) is 14.2 Å². The van der Waals surface area contributed by atoms with Crippen LogP contribution in [0.2, 0.25) is 0 Å². The molecule has 1 heterocycles. The summed E-state index contributed by atoms with van der Waals surface area (Å²) < 4.78 is 10.5. The van der Waals surface area contributed by atoms with Crippen molar-refractivity contribution in [2.45, 2.75) is 20.5 Å². The van der Waals surface area contributed by atoms with Crippen LogP contribution in [0.5, 0.6) is 5.75 Å². The molecule has 0 amide bonds. The number of thiazole rings is 1. The summed E-state index contributed by atoms with van der Waals surface area (Å²) in [5.74, 6) is 0.950. The molecule has 0 aliphatic carbocycles. The molecule has 3 nitrogen and oxygen atoms in total. The van der Waals surface area contributed by atoms with Crippen molar-refractivity contribution in [3.63, 3.8) is 0 Å². The largest absolute Gasteiger partial charge is 0.496 e. The second kappa shape index (κ2) is 5.50. The lowest BCUT2D eigenvalue weighted by atomic mass is 10.0. The summed E-state index contributed by atoms with van der Waals surface area (Å²) in [4.78, 5) is 4.56. The number of aryl methyl sites for hydroxylation is 2. The van der Waals surface area contributed by atoms with Crippen LogP contribution in [-0.2, 0) is 11.3 Å². The lowest BCUT2D eigenvalue weighted by molar-refractivity contribution is 0.184. The van der Waals surface area contributed by atoms with Crippen molar-refractivity contribution in [3.05, 3.63) is 33.6 Å². The van der Waals surface area contributed by atoms with Crippen LogP contribution in [0.4, 0.5) is 0 Å². The third kappa shape index (κ3) is 2.54. The van der Waals surface area contributed by atoms with Gasteiger partial charge < -0.3 is 9.47 Å². The van der Waals surface area contributed by atoms with E-state index >= 15 is 0 Å². The Morgan fingerprint density at radius 3 is 2.39 bits per heavy atom. The van der Waals surface area contributed by atoms with Gasteiger partial charge in [-0.15, -0.1) is 11.3 Å². The van der Waals surface area contributed by atoms with Gasteiger partial charge in [0, 0.05) is 18.1 Å². The van der Waals surface area contributed by atoms with Gasteiger partial charge in [0.2, 0.25) is 0 Å². The maximum Gasteiger partial charge on any atom is 0.124 e. The van der Waals surface area contributed by atoms with Crippen molar-refractivity contribution in [1.29, 1.82) is 0 Å². The van der Waals surface area contributed by atoms with E-state index in [1.807, 2.05) is 0 Å². The first-order valence-electron chi connectivity index (χ1n) is 5.74. The van der Waals surface area contributed by atoms with Crippen LogP contribution in [0.15, 0.2) is 17.5 Å². The summed E-state index contributed by atoms with van der Waals surface area (Å²) in [7, 11) is 3.39. The minimum atomic E-state index is 0.568. The molecule has 0 atom stereocenters. The third-order valence-electron chi connectivity index (χ3n) is 2.78. The number of aromatic nitrogens is 1. The first-order valence-corrected chi connectivity index (χ1v) is 6.62. The molecule has 0 aliphatic rings. The van der Waals surface area contributed by atoms with E-state index in [4.69, 9.17) is 9.47 Å². The molecule has 0 saturated carbocycles. The van der Waals surface area contributed by atoms with E-state index in [1.54, 1.807) is 25.6 Å². The first-order chi connectivity index (χ1) is 8.65. The molecule has 2 aromatic rings. The molecule has 1 aromatic carbocycles. The fourth-order valence-corrected chi connectivity index (χ4v) is 2.83. The summed E-state index contributed by atoms with van der Waals surface area (Å²) >= 11 is 1.62. The highest BCUT2D eigenvalue weighted by Gasteiger charge is 2.09. The number of rotatable bonds is 4. The summed E-state index contributed by atoms with van der Waals surface area (Å²) in [6.07, 6.45) is 0. The van der Waals surface area contributed by atoms with Gasteiger partial charge >= 0.3 is 0 Å². The molecule has 1 aromatic heterocycles. The smallest absolute Gasteiger partial charge is 0.124 e. The van der Waals surface area contributed by atoms with Gasteiger partial charge in [-0.2, -0.15) is 0 Å². The quantitative estimate of drug-likeness (QED) is 0.845. The van der Waals surface area contributed by atoms with Gasteiger partial charge in [0.15, 0.2) is 0 Å². The molecule has 0 N–H and O–H groups in total. The molecule has 0 bridgehead atoms. The predicted octanol–water partition coefficient (Wildman–Crippen LogP) is 3.58. The molecular formula is C14H17NO2S. The van der Waals surface area contributed by atoms with Gasteiger partial charge in [0.05, 0.1) is 19.4 Å². The Bertz CT molecular complexity index is 525. The van der Waals surface area contributed by atoms with Crippen LogP contribution >= 0.6 is 11.3 Å². The Morgan fingerprint density at radius 1 is 1.17 bits per heavy atom. The maximum absolute atomic E-state index is 5.37. The highest BCUT2D eigenvalue weighted by atomic mass is 32.1. The Hall–Kier alpha value is -1.39. The number of methoxy groups -OCH3 is 2. The SMILES string of the molecule is COCc1nc(-c2cc(C)c(OC)c(C)c2)cs1. The average Bonchev–Trinajstić information content (AvgIpc) is 2.78. The molecular weight excluding hydrogens is 246 g/mol. The molecule has 0 saturated heterocycles. The van der Waals surface area contributed by atoms with Crippen molar-refractivity contribution >= 4 is 11.3 Å². The van der Waals surface area contributed by atoms with Gasteiger partial charge in [0.25, 0.3) is 0 Å². The normalized spacial score (nSPS) is 10.7. The number of hydrogen-bond donors (Lipinski definition) is 0. The molecule has 2 rings (SSSR count). The summed E-state index contributed by atoms with van der Waals surface area (Å²) in [6.45, 7) is 4.67. The Morgan fingerprint density at radius 2 is 1.83 bits per heavy atom. The molecule has 0 aliphatic heterocycles. The van der Waals surface area contributed by atoms with Gasteiger partial charge in [-0.3, -0.25) is 0 Å². The molecule has 0 fully saturated rings. The summed E-state index contributed by atoms with van der Waals surface area (Å²) in [6, 6.07) is 4.22. The zero-order chi connectivity index (χ0) is 13.1. The number of hydrogen-bond acceptors (Lipinski definition) is 4. The molecule has 0 spiro atoms. The Labute approximate surface area is 111 Å². The lowest BCUT2D eigenvalue weighted by Crippen LogP contribution is -1.92. The van der Waals surface area contributed by atoms with E-state index in [2.05, 4.69) is 36.3 Å². The molecule has 0 radical (unpaired) electrons. The number of benzene rings is 1. The van der Waals surface area contributed by atoms with Gasteiger partial charge in [-0.25, -0.2) is 4.98 Å². The highest BCUT2D eigenvalue weighted by molar-refractivity contribution is 7.09. The number of nitrogens with zero attached hydrogens (tertiary/aromatic N) is 1. The van der Waals surface area contributed by atoms with Crippen LogP contribution in [0.1, 0.15) is 16.1 Å². The monoisotopic (exact) mass is 263 g/mol. The Balaban J connectivity index is 2.38. The minimum Gasteiger partial charge on any atom is -0.496 e. The standard InChI is InChI=1S/C14H17NO2S/c1-9-5-11(6-10(2)14(9)17-4)12-8-18-13(15-12)7-16-3/h5-6,8H,7H2,1-4H3. The van der Waals surface area contributed by atoms with E-state index in [0.717, 1.165) is 33.1 Å². The van der Waals surface area contributed by atoms with Crippen LogP contribution in [-0.4, -0.2) is 19.2 Å². The zero-order valence-corrected chi connectivity index (χ0v) is 11.9. The van der Waals surface area contributed by atoms with Gasteiger partial charge in [-0.1, -0.05) is 0 Å².